The van der Waals surface area contributed by atoms with Crippen molar-refractivity contribution in [3.05, 3.63) is 53.8 Å². The van der Waals surface area contributed by atoms with E-state index in [2.05, 4.69) is 20.4 Å². The number of amides is 2. The summed E-state index contributed by atoms with van der Waals surface area (Å²) in [6.45, 7) is 1.91. The second-order valence-electron chi connectivity index (χ2n) is 6.56. The molecule has 32 heavy (non-hydrogen) atoms. The number of nitrogens with one attached hydrogen (secondary N) is 1. The number of carbonyl (C=O) groups excluding carboxylic acids is 3. The molecule has 0 unspecified atom stereocenters. The lowest BCUT2D eigenvalue weighted by molar-refractivity contribution is -0.642. The monoisotopic (exact) mass is 460 g/mol. The Kier molecular flexibility index (Phi) is 7.10. The number of β-lactam (4-membered cyclic amide) rings is 1. The Morgan fingerprint density at radius 1 is 1.50 bits per heavy atom. The normalized spacial score (nSPS) is 17.2. The minimum atomic E-state index is -1.26. The molecule has 1 fully saturated rings. The number of anilines is 1. The quantitative estimate of drug-likeness (QED) is 0.243. The van der Waals surface area contributed by atoms with Crippen LogP contribution in [0.5, 0.6) is 0 Å². The van der Waals surface area contributed by atoms with Gasteiger partial charge in [-0.15, -0.1) is 17.2 Å². The number of nitrogen functional groups attached to an aromatic ring is 1. The summed E-state index contributed by atoms with van der Waals surface area (Å²) in [4.78, 5) is 43.4. The number of oxime groups is 1. The van der Waals surface area contributed by atoms with Crippen molar-refractivity contribution in [3.8, 4) is 0 Å². The Morgan fingerprint density at radius 2 is 2.28 bits per heavy atom. The summed E-state index contributed by atoms with van der Waals surface area (Å²) in [5.74, 6) is -1.23. The Balaban J connectivity index is 0.000000204. The van der Waals surface area contributed by atoms with E-state index in [0.717, 1.165) is 5.56 Å². The van der Waals surface area contributed by atoms with E-state index in [1.54, 1.807) is 30.2 Å². The van der Waals surface area contributed by atoms with Crippen molar-refractivity contribution in [1.82, 2.24) is 9.88 Å². The van der Waals surface area contributed by atoms with Crippen LogP contribution < -0.4 is 20.9 Å². The molecule has 2 aliphatic heterocycles. The van der Waals surface area contributed by atoms with Gasteiger partial charge in [0.2, 0.25) is 17.8 Å². The molecule has 13 heteroatoms. The highest BCUT2D eigenvalue weighted by atomic mass is 32.2. The van der Waals surface area contributed by atoms with E-state index in [9.17, 15) is 19.5 Å². The number of hydrogen-bond acceptors (Lipinski definition) is 10. The number of pyridine rings is 1. The number of carbonyl (C=O) groups is 3. The number of carboxylic acids is 1. The first kappa shape index (κ1) is 22.8. The smallest absolute Gasteiger partial charge is 0.329 e. The molecule has 0 bridgehead atoms. The zero-order valence-electron chi connectivity index (χ0n) is 17.2. The summed E-state index contributed by atoms with van der Waals surface area (Å²) in [6.07, 6.45) is 6.64. The SMILES string of the molecule is CO/N=C(\C(=O)N[n+]1cccc(C)c1)c1coc(N)n1.O=C([O-])C1=CCS[C@H]2CC(=O)N12. The van der Waals surface area contributed by atoms with Crippen molar-refractivity contribution in [2.75, 3.05) is 24.0 Å². The summed E-state index contributed by atoms with van der Waals surface area (Å²) in [6, 6.07) is 3.65. The summed E-state index contributed by atoms with van der Waals surface area (Å²) in [7, 11) is 1.33. The maximum Gasteiger partial charge on any atom is 0.329 e. The Labute approximate surface area is 186 Å². The number of aryl methyl sites for hydroxylation is 1. The number of nitrogens with two attached hydrogens (primary N) is 1. The summed E-state index contributed by atoms with van der Waals surface area (Å²) in [5.41, 5.74) is 9.17. The first-order valence-electron chi connectivity index (χ1n) is 9.27. The average Bonchev–Trinajstić information content (AvgIpc) is 3.17. The van der Waals surface area contributed by atoms with Crippen LogP contribution in [0, 0.1) is 6.92 Å². The fraction of sp³-hybridized carbons (Fsp3) is 0.263. The van der Waals surface area contributed by atoms with E-state index in [1.807, 2.05) is 13.0 Å². The van der Waals surface area contributed by atoms with E-state index in [-0.39, 0.29) is 34.4 Å². The molecule has 4 rings (SSSR count). The molecular formula is C19H20N6O6S. The molecule has 0 aliphatic carbocycles. The fourth-order valence-corrected chi connectivity index (χ4v) is 3.97. The molecular weight excluding hydrogens is 440 g/mol. The number of aromatic nitrogens is 2. The summed E-state index contributed by atoms with van der Waals surface area (Å²) < 4.78 is 6.36. The van der Waals surface area contributed by atoms with Gasteiger partial charge in [0.05, 0.1) is 23.5 Å². The lowest BCUT2D eigenvalue weighted by atomic mass is 10.1. The molecule has 1 saturated heterocycles. The third-order valence-corrected chi connectivity index (χ3v) is 5.40. The van der Waals surface area contributed by atoms with Gasteiger partial charge in [-0.1, -0.05) is 9.83 Å². The Hall–Kier alpha value is -3.87. The van der Waals surface area contributed by atoms with Crippen molar-refractivity contribution >= 4 is 41.3 Å². The number of thioether (sulfide) groups is 1. The van der Waals surface area contributed by atoms with Gasteiger partial charge in [0.1, 0.15) is 19.1 Å². The topological polar surface area (TPSA) is 167 Å². The predicted molar refractivity (Wildman–Crippen MR) is 111 cm³/mol. The van der Waals surface area contributed by atoms with Crippen LogP contribution >= 0.6 is 11.8 Å². The van der Waals surface area contributed by atoms with Crippen LogP contribution in [-0.4, -0.2) is 51.6 Å². The van der Waals surface area contributed by atoms with Gasteiger partial charge >= 0.3 is 5.91 Å². The van der Waals surface area contributed by atoms with Crippen LogP contribution in [0.25, 0.3) is 0 Å². The third-order valence-electron chi connectivity index (χ3n) is 4.28. The van der Waals surface area contributed by atoms with Crippen LogP contribution in [0.1, 0.15) is 17.7 Å². The second-order valence-corrected chi connectivity index (χ2v) is 7.77. The maximum absolute atomic E-state index is 12.2. The van der Waals surface area contributed by atoms with Crippen LogP contribution in [0.15, 0.2) is 52.1 Å². The van der Waals surface area contributed by atoms with Gasteiger partial charge in [-0.25, -0.2) is 0 Å². The molecule has 2 aliphatic rings. The molecule has 2 aromatic rings. The molecule has 0 spiro atoms. The molecule has 4 heterocycles. The molecule has 0 radical (unpaired) electrons. The van der Waals surface area contributed by atoms with Gasteiger partial charge in [-0.2, -0.15) is 4.98 Å². The molecule has 0 saturated carbocycles. The first-order chi connectivity index (χ1) is 15.3. The number of hydrogen-bond donors (Lipinski definition) is 2. The predicted octanol–water partition coefficient (Wildman–Crippen LogP) is -1.10. The fourth-order valence-electron chi connectivity index (χ4n) is 2.85. The lowest BCUT2D eigenvalue weighted by Gasteiger charge is -2.43. The molecule has 2 amide bonds. The molecule has 0 aromatic carbocycles. The lowest BCUT2D eigenvalue weighted by Crippen LogP contribution is -2.54. The van der Waals surface area contributed by atoms with Gasteiger partial charge in [0.15, 0.2) is 6.20 Å². The number of aliphatic carboxylic acids is 1. The van der Waals surface area contributed by atoms with E-state index >= 15 is 0 Å². The third kappa shape index (κ3) is 5.24. The maximum atomic E-state index is 12.2. The van der Waals surface area contributed by atoms with Crippen LogP contribution in [0.3, 0.4) is 0 Å². The molecule has 168 valence electrons. The van der Waals surface area contributed by atoms with Gasteiger partial charge in [0, 0.05) is 17.4 Å². The zero-order valence-corrected chi connectivity index (χ0v) is 18.0. The van der Waals surface area contributed by atoms with Crippen LogP contribution in [0.4, 0.5) is 6.01 Å². The summed E-state index contributed by atoms with van der Waals surface area (Å²) >= 11 is 1.58. The van der Waals surface area contributed by atoms with Gasteiger partial charge in [0.25, 0.3) is 6.01 Å². The number of oxazole rings is 1. The largest absolute Gasteiger partial charge is 0.543 e. The first-order valence-corrected chi connectivity index (χ1v) is 10.3. The summed E-state index contributed by atoms with van der Waals surface area (Å²) in [5, 5.41) is 14.2. The standard InChI is InChI=1S/C12H13N5O3.C7H7NO3S/c1-8-4-3-5-17(6-8)15-11(18)10(16-19-2)9-7-20-12(13)14-9;9-5-3-6-8(5)4(7(10)11)1-2-12-6/h3-7H,1-2H3,(H2-,13,14,15,18);1,6H,2-3H2,(H,10,11)/b16-10-;/t;6-/m.0/s1. The van der Waals surface area contributed by atoms with E-state index in [0.29, 0.717) is 12.2 Å². The van der Waals surface area contributed by atoms with Crippen LogP contribution in [-0.2, 0) is 19.2 Å². The highest BCUT2D eigenvalue weighted by Crippen LogP contribution is 2.36. The zero-order chi connectivity index (χ0) is 23.3. The van der Waals surface area contributed by atoms with E-state index in [1.165, 1.54) is 29.0 Å². The number of nitrogens with zero attached hydrogens (tertiary/aromatic N) is 4. The van der Waals surface area contributed by atoms with Gasteiger partial charge in [-0.05, 0) is 19.1 Å². The highest BCUT2D eigenvalue weighted by Gasteiger charge is 2.40. The molecule has 3 N–H and O–H groups in total. The minimum Gasteiger partial charge on any atom is -0.543 e. The van der Waals surface area contributed by atoms with Crippen molar-refractivity contribution in [2.45, 2.75) is 18.7 Å². The van der Waals surface area contributed by atoms with E-state index in [4.69, 9.17) is 10.2 Å². The Bertz CT molecular complexity index is 1100. The molecule has 2 aromatic heterocycles. The van der Waals surface area contributed by atoms with Gasteiger partial charge < -0.3 is 24.9 Å². The number of rotatable bonds is 5. The average molecular weight is 460 g/mol. The molecule has 1 atom stereocenters. The minimum absolute atomic E-state index is 0.0370. The number of carboxylic acid groups (broad SMARTS) is 1. The van der Waals surface area contributed by atoms with Crippen molar-refractivity contribution in [2.24, 2.45) is 5.16 Å². The van der Waals surface area contributed by atoms with E-state index < -0.39 is 11.9 Å². The van der Waals surface area contributed by atoms with Crippen molar-refractivity contribution in [3.63, 3.8) is 0 Å². The van der Waals surface area contributed by atoms with Crippen molar-refractivity contribution < 1.29 is 33.4 Å². The number of fused-ring (bicyclic) bond motifs is 1. The van der Waals surface area contributed by atoms with Crippen LogP contribution in [0.2, 0.25) is 0 Å². The molecule has 12 nitrogen and oxygen atoms in total. The second kappa shape index (κ2) is 9.96. The van der Waals surface area contributed by atoms with Crippen molar-refractivity contribution in [1.29, 1.82) is 0 Å². The Morgan fingerprint density at radius 3 is 2.84 bits per heavy atom. The van der Waals surface area contributed by atoms with Gasteiger partial charge in [-0.3, -0.25) is 14.5 Å². The highest BCUT2D eigenvalue weighted by molar-refractivity contribution is 8.00.